The average molecular weight is 486 g/mol. The van der Waals surface area contributed by atoms with Crippen molar-refractivity contribution in [2.75, 3.05) is 6.61 Å². The van der Waals surface area contributed by atoms with E-state index in [0.717, 1.165) is 10.5 Å². The van der Waals surface area contributed by atoms with Crippen LogP contribution in [0.1, 0.15) is 23.3 Å². The first-order valence-corrected chi connectivity index (χ1v) is 10.1. The van der Waals surface area contributed by atoms with Gasteiger partial charge in [0.05, 0.1) is 28.1 Å². The molecule has 2 aromatic heterocycles. The van der Waals surface area contributed by atoms with E-state index in [2.05, 4.69) is 15.9 Å². The summed E-state index contributed by atoms with van der Waals surface area (Å²) in [6.45, 7) is 1.88. The van der Waals surface area contributed by atoms with Crippen molar-refractivity contribution in [3.63, 3.8) is 0 Å². The highest BCUT2D eigenvalue weighted by atomic mass is 79.9. The zero-order valence-electron chi connectivity index (χ0n) is 15.9. The minimum atomic E-state index is -1.40. The molecule has 0 saturated carbocycles. The molecule has 1 aliphatic heterocycles. The molecule has 0 unspecified atom stereocenters. The van der Waals surface area contributed by atoms with E-state index in [0.29, 0.717) is 11.0 Å². The second-order valence-electron chi connectivity index (χ2n) is 7.33. The second kappa shape index (κ2) is 6.78. The van der Waals surface area contributed by atoms with Crippen LogP contribution in [0.4, 0.5) is 4.39 Å². The van der Waals surface area contributed by atoms with Gasteiger partial charge in [0.1, 0.15) is 23.6 Å². The molecule has 1 N–H and O–H groups in total. The Labute approximate surface area is 181 Å². The van der Waals surface area contributed by atoms with Gasteiger partial charge in [0.2, 0.25) is 5.43 Å². The molecular weight excluding hydrogens is 473 g/mol. The van der Waals surface area contributed by atoms with Crippen molar-refractivity contribution in [3.8, 4) is 16.9 Å². The maximum absolute atomic E-state index is 15.3. The summed E-state index contributed by atoms with van der Waals surface area (Å²) in [6, 6.07) is 7.21. The average Bonchev–Trinajstić information content (AvgIpc) is 2.72. The Morgan fingerprint density at radius 2 is 2.03 bits per heavy atom. The van der Waals surface area contributed by atoms with Gasteiger partial charge >= 0.3 is 11.6 Å². The Morgan fingerprint density at radius 1 is 1.26 bits per heavy atom. The maximum atomic E-state index is 15.3. The van der Waals surface area contributed by atoms with E-state index in [4.69, 9.17) is 9.15 Å². The van der Waals surface area contributed by atoms with Crippen molar-refractivity contribution in [2.24, 2.45) is 0 Å². The molecule has 156 valence electrons. The van der Waals surface area contributed by atoms with Gasteiger partial charge in [0.15, 0.2) is 5.75 Å². The molecule has 0 bridgehead atoms. The first-order valence-electron chi connectivity index (χ1n) is 9.27. The van der Waals surface area contributed by atoms with Gasteiger partial charge in [-0.1, -0.05) is 15.9 Å². The Hall–Kier alpha value is -3.46. The summed E-state index contributed by atoms with van der Waals surface area (Å²) in [5.74, 6) is -2.28. The predicted molar refractivity (Wildman–Crippen MR) is 115 cm³/mol. The number of aromatic carboxylic acids is 1. The SMILES string of the molecule is C[C@H]1COc2c(-c3cc4cc(Br)ccc4oc3=O)c(F)cc3c(=O)c(C(=O)O)cn1c23. The minimum Gasteiger partial charge on any atom is -0.488 e. The van der Waals surface area contributed by atoms with Crippen LogP contribution >= 0.6 is 15.9 Å². The van der Waals surface area contributed by atoms with Crippen molar-refractivity contribution in [1.82, 2.24) is 4.57 Å². The van der Waals surface area contributed by atoms with Crippen LogP contribution in [0.5, 0.6) is 5.75 Å². The fraction of sp³-hybridized carbons (Fsp3) is 0.136. The van der Waals surface area contributed by atoms with Crippen LogP contribution in [0.25, 0.3) is 33.0 Å². The number of rotatable bonds is 2. The number of ether oxygens (including phenoxy) is 1. The summed E-state index contributed by atoms with van der Waals surface area (Å²) in [6.07, 6.45) is 1.23. The van der Waals surface area contributed by atoms with Gasteiger partial charge in [0.25, 0.3) is 0 Å². The lowest BCUT2D eigenvalue weighted by Crippen LogP contribution is -2.27. The van der Waals surface area contributed by atoms with Crippen molar-refractivity contribution >= 4 is 43.8 Å². The van der Waals surface area contributed by atoms with Crippen LogP contribution < -0.4 is 15.8 Å². The topological polar surface area (TPSA) is 98.7 Å². The summed E-state index contributed by atoms with van der Waals surface area (Å²) in [5.41, 5.74) is -1.67. The molecule has 0 saturated heterocycles. The van der Waals surface area contributed by atoms with E-state index in [9.17, 15) is 19.5 Å². The summed E-state index contributed by atoms with van der Waals surface area (Å²) < 4.78 is 28.8. The predicted octanol–water partition coefficient (Wildman–Crippen LogP) is 4.33. The summed E-state index contributed by atoms with van der Waals surface area (Å²) in [7, 11) is 0. The largest absolute Gasteiger partial charge is 0.488 e. The maximum Gasteiger partial charge on any atom is 0.344 e. The number of aromatic nitrogens is 1. The van der Waals surface area contributed by atoms with Crippen LogP contribution in [0, 0.1) is 5.82 Å². The van der Waals surface area contributed by atoms with Crippen LogP contribution in [0.2, 0.25) is 0 Å². The van der Waals surface area contributed by atoms with Gasteiger partial charge in [-0.25, -0.2) is 14.0 Å². The number of benzene rings is 2. The minimum absolute atomic E-state index is 0.00351. The second-order valence-corrected chi connectivity index (χ2v) is 8.25. The van der Waals surface area contributed by atoms with Gasteiger partial charge in [-0.15, -0.1) is 0 Å². The third kappa shape index (κ3) is 2.88. The Morgan fingerprint density at radius 3 is 2.77 bits per heavy atom. The van der Waals surface area contributed by atoms with E-state index in [1.165, 1.54) is 12.3 Å². The fourth-order valence-corrected chi connectivity index (χ4v) is 4.28. The number of carboxylic acids is 1. The number of hydrogen-bond donors (Lipinski definition) is 1. The first-order chi connectivity index (χ1) is 14.8. The monoisotopic (exact) mass is 485 g/mol. The zero-order valence-corrected chi connectivity index (χ0v) is 17.5. The molecule has 0 spiro atoms. The lowest BCUT2D eigenvalue weighted by Gasteiger charge is -2.28. The molecule has 2 aromatic carbocycles. The van der Waals surface area contributed by atoms with Crippen LogP contribution in [0.15, 0.2) is 55.0 Å². The Bertz CT molecular complexity index is 1550. The zero-order chi connectivity index (χ0) is 22.0. The highest BCUT2D eigenvalue weighted by Gasteiger charge is 2.29. The molecule has 9 heteroatoms. The number of carbonyl (C=O) groups is 1. The molecule has 0 amide bonds. The van der Waals surface area contributed by atoms with Gasteiger partial charge in [-0.2, -0.15) is 0 Å². The van der Waals surface area contributed by atoms with Gasteiger partial charge in [-0.3, -0.25) is 4.79 Å². The number of fused-ring (bicyclic) bond motifs is 1. The molecule has 4 aromatic rings. The van der Waals surface area contributed by atoms with E-state index in [-0.39, 0.29) is 40.4 Å². The third-order valence-corrected chi connectivity index (χ3v) is 5.85. The standard InChI is InChI=1S/C22H13BrFNO6/c1-9-8-30-20-17(12-5-10-4-11(23)2-3-16(10)31-22(12)29)15(24)6-13-18(20)25(9)7-14(19(13)26)21(27)28/h2-7,9H,8H2,1H3,(H,27,28)/t9-/m0/s1. The number of halogens is 2. The van der Waals surface area contributed by atoms with Crippen LogP contribution in [-0.4, -0.2) is 22.2 Å². The van der Waals surface area contributed by atoms with Crippen molar-refractivity contribution < 1.29 is 23.4 Å². The molecule has 0 fully saturated rings. The molecule has 1 atom stereocenters. The number of nitrogens with zero attached hydrogens (tertiary/aromatic N) is 1. The van der Waals surface area contributed by atoms with Crippen molar-refractivity contribution in [1.29, 1.82) is 0 Å². The highest BCUT2D eigenvalue weighted by molar-refractivity contribution is 9.10. The normalized spacial score (nSPS) is 15.3. The summed E-state index contributed by atoms with van der Waals surface area (Å²) >= 11 is 3.35. The summed E-state index contributed by atoms with van der Waals surface area (Å²) in [5, 5.41) is 9.82. The fourth-order valence-electron chi connectivity index (χ4n) is 3.90. The van der Waals surface area contributed by atoms with E-state index in [1.807, 2.05) is 0 Å². The van der Waals surface area contributed by atoms with Gasteiger partial charge in [-0.05, 0) is 37.3 Å². The lowest BCUT2D eigenvalue weighted by molar-refractivity contribution is 0.0694. The smallest absolute Gasteiger partial charge is 0.344 e. The Kier molecular flexibility index (Phi) is 4.26. The van der Waals surface area contributed by atoms with Crippen molar-refractivity contribution in [2.45, 2.75) is 13.0 Å². The van der Waals surface area contributed by atoms with Gasteiger partial charge < -0.3 is 18.8 Å². The highest BCUT2D eigenvalue weighted by Crippen LogP contribution is 2.41. The molecule has 0 aliphatic carbocycles. The lowest BCUT2D eigenvalue weighted by atomic mass is 9.99. The van der Waals surface area contributed by atoms with Crippen LogP contribution in [0.3, 0.4) is 0 Å². The number of pyridine rings is 1. The van der Waals surface area contributed by atoms with Crippen LogP contribution in [-0.2, 0) is 0 Å². The quantitative estimate of drug-likeness (QED) is 0.424. The molecule has 0 radical (unpaired) electrons. The molecule has 7 nitrogen and oxygen atoms in total. The number of hydrogen-bond acceptors (Lipinski definition) is 5. The molecule has 31 heavy (non-hydrogen) atoms. The molecular formula is C22H13BrFNO6. The van der Waals surface area contributed by atoms with Gasteiger partial charge in [0, 0.05) is 16.1 Å². The molecule has 1 aliphatic rings. The van der Waals surface area contributed by atoms with Crippen molar-refractivity contribution in [3.05, 3.63) is 73.0 Å². The van der Waals surface area contributed by atoms with E-state index >= 15 is 4.39 Å². The Balaban J connectivity index is 1.92. The molecule has 3 heterocycles. The summed E-state index contributed by atoms with van der Waals surface area (Å²) in [4.78, 5) is 36.9. The number of carboxylic acid groups (broad SMARTS) is 1. The van der Waals surface area contributed by atoms with E-state index < -0.39 is 28.4 Å². The third-order valence-electron chi connectivity index (χ3n) is 5.36. The first kappa shape index (κ1) is 19.5. The molecule has 5 rings (SSSR count). The van der Waals surface area contributed by atoms with E-state index in [1.54, 1.807) is 29.7 Å².